The average Bonchev–Trinajstić information content (AvgIpc) is 3.47. The van der Waals surface area contributed by atoms with E-state index < -0.39 is 29.9 Å². The SMILES string of the molecule is O=C(Nc1nnc(N[C@@H]2CCN(c3cccnn3)C2)s1)C(c1ccc(F)c(OC(F)(F)F)c1)N1CCC1. The van der Waals surface area contributed by atoms with Gasteiger partial charge in [-0.3, -0.25) is 15.0 Å². The average molecular weight is 539 g/mol. The number of carbonyl (C=O) groups excluding carboxylic acids is 1. The van der Waals surface area contributed by atoms with Gasteiger partial charge in [0.25, 0.3) is 0 Å². The minimum atomic E-state index is -5.06. The Hall–Kier alpha value is -3.59. The molecule has 2 fully saturated rings. The van der Waals surface area contributed by atoms with Gasteiger partial charge < -0.3 is 15.0 Å². The van der Waals surface area contributed by atoms with Gasteiger partial charge >= 0.3 is 6.36 Å². The maximum absolute atomic E-state index is 13.9. The van der Waals surface area contributed by atoms with Crippen molar-refractivity contribution in [2.24, 2.45) is 0 Å². The standard InChI is InChI=1S/C22H22F4N8O2S/c23-15-5-4-13(11-16(15)36-22(24,25)26)18(33-8-2-9-33)19(35)29-21-32-31-20(37-21)28-14-6-10-34(12-14)17-3-1-7-27-30-17/h1,3-5,7,11,14,18H,2,6,8-10,12H2,(H,28,31)(H,29,32,35)/t14-,18?/m1/s1. The molecule has 15 heteroatoms. The van der Waals surface area contributed by atoms with Crippen LogP contribution in [0.3, 0.4) is 0 Å². The van der Waals surface area contributed by atoms with Gasteiger partial charge in [-0.15, -0.1) is 28.5 Å². The number of hydrogen-bond acceptors (Lipinski definition) is 10. The van der Waals surface area contributed by atoms with Crippen LogP contribution in [0, 0.1) is 5.82 Å². The number of aromatic nitrogens is 4. The summed E-state index contributed by atoms with van der Waals surface area (Å²) in [5.74, 6) is -1.88. The first kappa shape index (κ1) is 25.1. The van der Waals surface area contributed by atoms with Gasteiger partial charge in [0.1, 0.15) is 6.04 Å². The molecule has 37 heavy (non-hydrogen) atoms. The molecule has 0 saturated carbocycles. The predicted molar refractivity (Wildman–Crippen MR) is 127 cm³/mol. The number of nitrogens with zero attached hydrogens (tertiary/aromatic N) is 6. The molecule has 2 N–H and O–H groups in total. The van der Waals surface area contributed by atoms with Crippen molar-refractivity contribution in [2.75, 3.05) is 41.7 Å². The lowest BCUT2D eigenvalue weighted by Gasteiger charge is -2.37. The molecule has 0 radical (unpaired) electrons. The molecule has 4 heterocycles. The lowest BCUT2D eigenvalue weighted by molar-refractivity contribution is -0.275. The number of carbonyl (C=O) groups is 1. The third-order valence-corrected chi connectivity index (χ3v) is 6.82. The fourth-order valence-corrected chi connectivity index (χ4v) is 4.97. The van der Waals surface area contributed by atoms with Gasteiger partial charge in [0.2, 0.25) is 16.2 Å². The summed E-state index contributed by atoms with van der Waals surface area (Å²) in [6.45, 7) is 2.63. The van der Waals surface area contributed by atoms with E-state index in [2.05, 4.69) is 40.7 Å². The van der Waals surface area contributed by atoms with E-state index in [9.17, 15) is 22.4 Å². The maximum atomic E-state index is 13.9. The van der Waals surface area contributed by atoms with Gasteiger partial charge in [0.05, 0.1) is 0 Å². The van der Waals surface area contributed by atoms with Gasteiger partial charge in [-0.25, -0.2) is 4.39 Å². The molecule has 196 valence electrons. The maximum Gasteiger partial charge on any atom is 0.573 e. The molecule has 0 aliphatic carbocycles. The highest BCUT2D eigenvalue weighted by atomic mass is 32.1. The molecule has 2 saturated heterocycles. The molecular weight excluding hydrogens is 516 g/mol. The van der Waals surface area contributed by atoms with Crippen molar-refractivity contribution in [3.05, 3.63) is 47.9 Å². The number of rotatable bonds is 8. The van der Waals surface area contributed by atoms with E-state index in [4.69, 9.17) is 0 Å². The largest absolute Gasteiger partial charge is 0.573 e. The van der Waals surface area contributed by atoms with Crippen LogP contribution in [0.25, 0.3) is 0 Å². The highest BCUT2D eigenvalue weighted by molar-refractivity contribution is 7.19. The number of hydrogen-bond donors (Lipinski definition) is 2. The molecule has 2 aromatic heterocycles. The van der Waals surface area contributed by atoms with E-state index in [1.807, 2.05) is 12.1 Å². The van der Waals surface area contributed by atoms with E-state index >= 15 is 0 Å². The van der Waals surface area contributed by atoms with Crippen molar-refractivity contribution >= 4 is 33.3 Å². The normalized spacial score (nSPS) is 18.8. The fraction of sp³-hybridized carbons (Fsp3) is 0.409. The Kier molecular flexibility index (Phi) is 7.06. The zero-order valence-electron chi connectivity index (χ0n) is 19.3. The van der Waals surface area contributed by atoms with Crippen LogP contribution in [0.2, 0.25) is 0 Å². The second-order valence-electron chi connectivity index (χ2n) is 8.59. The number of benzene rings is 1. The van der Waals surface area contributed by atoms with Crippen LogP contribution in [-0.2, 0) is 4.79 Å². The monoisotopic (exact) mass is 538 g/mol. The first-order chi connectivity index (χ1) is 17.7. The molecule has 1 aromatic carbocycles. The molecule has 5 rings (SSSR count). The Labute approximate surface area is 212 Å². The van der Waals surface area contributed by atoms with Crippen molar-refractivity contribution in [1.82, 2.24) is 25.3 Å². The highest BCUT2D eigenvalue weighted by Gasteiger charge is 2.35. The molecule has 3 aromatic rings. The Bertz CT molecular complexity index is 1240. The van der Waals surface area contributed by atoms with Gasteiger partial charge in [0, 0.05) is 38.4 Å². The van der Waals surface area contributed by atoms with Crippen LogP contribution in [0.4, 0.5) is 33.6 Å². The Morgan fingerprint density at radius 1 is 1.14 bits per heavy atom. The highest BCUT2D eigenvalue weighted by Crippen LogP contribution is 2.33. The van der Waals surface area contributed by atoms with E-state index in [-0.39, 0.29) is 16.7 Å². The lowest BCUT2D eigenvalue weighted by atomic mass is 10.0. The van der Waals surface area contributed by atoms with Crippen molar-refractivity contribution in [1.29, 1.82) is 0 Å². The Morgan fingerprint density at radius 3 is 2.65 bits per heavy atom. The molecule has 2 aliphatic rings. The number of likely N-dealkylation sites (tertiary alicyclic amines) is 1. The van der Waals surface area contributed by atoms with Crippen molar-refractivity contribution < 1.29 is 27.1 Å². The Balaban J connectivity index is 1.24. The van der Waals surface area contributed by atoms with Crippen LogP contribution >= 0.6 is 11.3 Å². The fourth-order valence-electron chi connectivity index (χ4n) is 4.25. The first-order valence-electron chi connectivity index (χ1n) is 11.5. The minimum Gasteiger partial charge on any atom is -0.403 e. The molecule has 1 unspecified atom stereocenters. The number of nitrogens with one attached hydrogen (secondary N) is 2. The minimum absolute atomic E-state index is 0.0959. The predicted octanol–water partition coefficient (Wildman–Crippen LogP) is 3.44. The molecule has 0 spiro atoms. The number of alkyl halides is 3. The molecular formula is C22H22F4N8O2S. The number of amides is 1. The van der Waals surface area contributed by atoms with Crippen LogP contribution in [0.15, 0.2) is 36.5 Å². The number of halogens is 4. The van der Waals surface area contributed by atoms with E-state index in [1.165, 1.54) is 6.07 Å². The third-order valence-electron chi connectivity index (χ3n) is 6.05. The molecule has 10 nitrogen and oxygen atoms in total. The lowest BCUT2D eigenvalue weighted by Crippen LogP contribution is -2.45. The zero-order valence-corrected chi connectivity index (χ0v) is 20.1. The van der Waals surface area contributed by atoms with Crippen LogP contribution in [0.5, 0.6) is 5.75 Å². The summed E-state index contributed by atoms with van der Waals surface area (Å²) >= 11 is 1.14. The van der Waals surface area contributed by atoms with Crippen molar-refractivity contribution in [3.63, 3.8) is 0 Å². The second-order valence-corrected chi connectivity index (χ2v) is 9.57. The van der Waals surface area contributed by atoms with Crippen LogP contribution in [0.1, 0.15) is 24.4 Å². The number of anilines is 3. The van der Waals surface area contributed by atoms with Crippen LogP contribution < -0.4 is 20.3 Å². The quantitative estimate of drug-likeness (QED) is 0.417. The second kappa shape index (κ2) is 10.4. The van der Waals surface area contributed by atoms with Gasteiger partial charge in [-0.05, 0) is 42.7 Å². The zero-order chi connectivity index (χ0) is 26.0. The topological polar surface area (TPSA) is 108 Å². The van der Waals surface area contributed by atoms with E-state index in [0.29, 0.717) is 24.8 Å². The summed E-state index contributed by atoms with van der Waals surface area (Å²) in [5.41, 5.74) is 0.177. The van der Waals surface area contributed by atoms with E-state index in [0.717, 1.165) is 48.7 Å². The summed E-state index contributed by atoms with van der Waals surface area (Å²) in [7, 11) is 0. The van der Waals surface area contributed by atoms with E-state index in [1.54, 1.807) is 11.1 Å². The van der Waals surface area contributed by atoms with Gasteiger partial charge in [-0.1, -0.05) is 17.4 Å². The van der Waals surface area contributed by atoms with Gasteiger partial charge in [-0.2, -0.15) is 5.10 Å². The molecule has 2 aliphatic heterocycles. The summed E-state index contributed by atoms with van der Waals surface area (Å²) in [6.07, 6.45) is -1.77. The molecule has 0 bridgehead atoms. The number of ether oxygens (including phenoxy) is 1. The Morgan fingerprint density at radius 2 is 1.95 bits per heavy atom. The van der Waals surface area contributed by atoms with Crippen LogP contribution in [-0.4, -0.2) is 69.8 Å². The molecule has 2 atom stereocenters. The summed E-state index contributed by atoms with van der Waals surface area (Å²) in [4.78, 5) is 17.1. The summed E-state index contributed by atoms with van der Waals surface area (Å²) in [5, 5.41) is 22.9. The van der Waals surface area contributed by atoms with Gasteiger partial charge in [0.15, 0.2) is 17.4 Å². The smallest absolute Gasteiger partial charge is 0.403 e. The van der Waals surface area contributed by atoms with Crippen molar-refractivity contribution in [3.8, 4) is 5.75 Å². The van der Waals surface area contributed by atoms with Crippen molar-refractivity contribution in [2.45, 2.75) is 31.3 Å². The molecule has 1 amide bonds. The first-order valence-corrected chi connectivity index (χ1v) is 12.3. The third kappa shape index (κ3) is 6.05. The summed E-state index contributed by atoms with van der Waals surface area (Å²) in [6, 6.07) is 5.90. The summed E-state index contributed by atoms with van der Waals surface area (Å²) < 4.78 is 55.8.